The number of aromatic nitrogens is 1. The lowest BCUT2D eigenvalue weighted by atomic mass is 9.92. The number of nitrogens with zero attached hydrogens (tertiary/aromatic N) is 1. The molecule has 3 N–H and O–H groups in total. The molecular weight excluding hydrogens is 232 g/mol. The molecule has 0 amide bonds. The first-order valence-corrected chi connectivity index (χ1v) is 6.43. The Kier molecular flexibility index (Phi) is 3.89. The zero-order chi connectivity index (χ0) is 12.3. The second-order valence-corrected chi connectivity index (χ2v) is 5.02. The standard InChI is InChI=1S/C13H16N2OS/c1-9-2-4-10(5-3-9)11(6-14)13(16)12-7-15-8-17-12/h2-5,7-8,11,13,16H,6,14H2,1H3. The zero-order valence-corrected chi connectivity index (χ0v) is 10.5. The third-order valence-electron chi connectivity index (χ3n) is 2.88. The first-order chi connectivity index (χ1) is 8.22. The van der Waals surface area contributed by atoms with E-state index < -0.39 is 6.10 Å². The molecule has 90 valence electrons. The molecule has 2 aromatic rings. The maximum Gasteiger partial charge on any atom is 0.0978 e. The molecule has 0 bridgehead atoms. The smallest absolute Gasteiger partial charge is 0.0978 e. The van der Waals surface area contributed by atoms with Crippen LogP contribution in [0, 0.1) is 6.92 Å². The van der Waals surface area contributed by atoms with Crippen molar-refractivity contribution in [3.8, 4) is 0 Å². The lowest BCUT2D eigenvalue weighted by Crippen LogP contribution is -2.19. The fraction of sp³-hybridized carbons (Fsp3) is 0.308. The molecule has 0 aliphatic carbocycles. The highest BCUT2D eigenvalue weighted by atomic mass is 32.1. The largest absolute Gasteiger partial charge is 0.387 e. The molecule has 0 aliphatic heterocycles. The summed E-state index contributed by atoms with van der Waals surface area (Å²) in [6.45, 7) is 2.46. The van der Waals surface area contributed by atoms with Crippen molar-refractivity contribution in [1.82, 2.24) is 4.98 Å². The molecule has 17 heavy (non-hydrogen) atoms. The van der Waals surface area contributed by atoms with E-state index in [2.05, 4.69) is 4.98 Å². The number of aliphatic hydroxyl groups is 1. The Bertz CT molecular complexity index is 453. The summed E-state index contributed by atoms with van der Waals surface area (Å²) in [6.07, 6.45) is 1.13. The van der Waals surface area contributed by atoms with Crippen molar-refractivity contribution in [3.05, 3.63) is 52.0 Å². The van der Waals surface area contributed by atoms with Crippen molar-refractivity contribution in [1.29, 1.82) is 0 Å². The molecule has 2 unspecified atom stereocenters. The number of thiazole rings is 1. The monoisotopic (exact) mass is 248 g/mol. The van der Waals surface area contributed by atoms with Crippen molar-refractivity contribution in [3.63, 3.8) is 0 Å². The molecule has 0 aliphatic rings. The van der Waals surface area contributed by atoms with Gasteiger partial charge in [0.15, 0.2) is 0 Å². The summed E-state index contributed by atoms with van der Waals surface area (Å²) in [6, 6.07) is 8.13. The highest BCUT2D eigenvalue weighted by Gasteiger charge is 2.22. The SMILES string of the molecule is Cc1ccc(C(CN)C(O)c2cncs2)cc1. The van der Waals surface area contributed by atoms with E-state index in [9.17, 15) is 5.11 Å². The van der Waals surface area contributed by atoms with Gasteiger partial charge in [-0.1, -0.05) is 29.8 Å². The molecule has 4 heteroatoms. The van der Waals surface area contributed by atoms with Crippen LogP contribution in [0.1, 0.15) is 28.0 Å². The number of benzene rings is 1. The van der Waals surface area contributed by atoms with Crippen molar-refractivity contribution in [2.45, 2.75) is 18.9 Å². The summed E-state index contributed by atoms with van der Waals surface area (Å²) in [4.78, 5) is 4.85. The lowest BCUT2D eigenvalue weighted by Gasteiger charge is -2.20. The minimum Gasteiger partial charge on any atom is -0.387 e. The summed E-state index contributed by atoms with van der Waals surface area (Å²) >= 11 is 1.46. The maximum absolute atomic E-state index is 10.3. The Morgan fingerprint density at radius 2 is 2.06 bits per heavy atom. The number of hydrogen-bond acceptors (Lipinski definition) is 4. The van der Waals surface area contributed by atoms with Crippen LogP contribution < -0.4 is 5.73 Å². The lowest BCUT2D eigenvalue weighted by molar-refractivity contribution is 0.151. The quantitative estimate of drug-likeness (QED) is 0.872. The van der Waals surface area contributed by atoms with Crippen LogP contribution in [0.4, 0.5) is 0 Å². The fourth-order valence-corrected chi connectivity index (χ4v) is 2.50. The molecule has 1 aromatic carbocycles. The predicted octanol–water partition coefficient (Wildman–Crippen LogP) is 2.23. The Hall–Kier alpha value is -1.23. The Labute approximate surface area is 105 Å². The zero-order valence-electron chi connectivity index (χ0n) is 9.71. The molecule has 2 rings (SSSR count). The van der Waals surface area contributed by atoms with Gasteiger partial charge in [-0.15, -0.1) is 11.3 Å². The predicted molar refractivity (Wildman–Crippen MR) is 70.0 cm³/mol. The van der Waals surface area contributed by atoms with E-state index in [0.29, 0.717) is 6.54 Å². The van der Waals surface area contributed by atoms with Crippen molar-refractivity contribution in [2.24, 2.45) is 5.73 Å². The molecule has 0 spiro atoms. The van der Waals surface area contributed by atoms with E-state index in [1.165, 1.54) is 16.9 Å². The van der Waals surface area contributed by atoms with E-state index in [-0.39, 0.29) is 5.92 Å². The van der Waals surface area contributed by atoms with Gasteiger partial charge in [-0.2, -0.15) is 0 Å². The summed E-state index contributed by atoms with van der Waals surface area (Å²) in [5.41, 5.74) is 9.77. The highest BCUT2D eigenvalue weighted by molar-refractivity contribution is 7.09. The highest BCUT2D eigenvalue weighted by Crippen LogP contribution is 2.31. The van der Waals surface area contributed by atoms with Crippen molar-refractivity contribution >= 4 is 11.3 Å². The van der Waals surface area contributed by atoms with Crippen LogP contribution in [0.5, 0.6) is 0 Å². The first-order valence-electron chi connectivity index (χ1n) is 5.55. The number of hydrogen-bond donors (Lipinski definition) is 2. The summed E-state index contributed by atoms with van der Waals surface area (Å²) in [7, 11) is 0. The molecule has 2 atom stereocenters. The molecule has 0 radical (unpaired) electrons. The van der Waals surface area contributed by atoms with Crippen LogP contribution in [-0.4, -0.2) is 16.6 Å². The van der Waals surface area contributed by atoms with Crippen molar-refractivity contribution in [2.75, 3.05) is 6.54 Å². The summed E-state index contributed by atoms with van der Waals surface area (Å²) in [5.74, 6) is -0.0731. The van der Waals surface area contributed by atoms with Gasteiger partial charge in [-0.25, -0.2) is 0 Å². The van der Waals surface area contributed by atoms with Gasteiger partial charge in [-0.3, -0.25) is 4.98 Å². The number of aryl methyl sites for hydroxylation is 1. The average Bonchev–Trinajstić information content (AvgIpc) is 2.86. The van der Waals surface area contributed by atoms with Gasteiger partial charge in [0, 0.05) is 18.7 Å². The minimum absolute atomic E-state index is 0.0731. The van der Waals surface area contributed by atoms with E-state index in [0.717, 1.165) is 10.4 Å². The number of nitrogens with two attached hydrogens (primary N) is 1. The van der Waals surface area contributed by atoms with Gasteiger partial charge >= 0.3 is 0 Å². The van der Waals surface area contributed by atoms with Gasteiger partial charge in [0.05, 0.1) is 16.5 Å². The van der Waals surface area contributed by atoms with Crippen LogP contribution >= 0.6 is 11.3 Å². The third-order valence-corrected chi connectivity index (χ3v) is 3.73. The van der Waals surface area contributed by atoms with Gasteiger partial charge in [0.1, 0.15) is 0 Å². The minimum atomic E-state index is -0.574. The normalized spacial score (nSPS) is 14.5. The first kappa shape index (κ1) is 12.2. The summed E-state index contributed by atoms with van der Waals surface area (Å²) in [5, 5.41) is 10.3. The topological polar surface area (TPSA) is 59.1 Å². The van der Waals surface area contributed by atoms with Gasteiger partial charge < -0.3 is 10.8 Å². The number of aliphatic hydroxyl groups excluding tert-OH is 1. The van der Waals surface area contributed by atoms with E-state index >= 15 is 0 Å². The van der Waals surface area contributed by atoms with E-state index in [1.54, 1.807) is 11.7 Å². The third kappa shape index (κ3) is 2.72. The fourth-order valence-electron chi connectivity index (χ4n) is 1.83. The van der Waals surface area contributed by atoms with Crippen LogP contribution in [0.2, 0.25) is 0 Å². The van der Waals surface area contributed by atoms with Crippen molar-refractivity contribution < 1.29 is 5.11 Å². The van der Waals surface area contributed by atoms with E-state index in [1.807, 2.05) is 31.2 Å². The van der Waals surface area contributed by atoms with Crippen LogP contribution in [-0.2, 0) is 0 Å². The van der Waals surface area contributed by atoms with Gasteiger partial charge in [0.2, 0.25) is 0 Å². The molecular formula is C13H16N2OS. The Morgan fingerprint density at radius 1 is 1.35 bits per heavy atom. The maximum atomic E-state index is 10.3. The summed E-state index contributed by atoms with van der Waals surface area (Å²) < 4.78 is 0. The van der Waals surface area contributed by atoms with Crippen LogP contribution in [0.25, 0.3) is 0 Å². The van der Waals surface area contributed by atoms with Gasteiger partial charge in [0.25, 0.3) is 0 Å². The van der Waals surface area contributed by atoms with Gasteiger partial charge in [-0.05, 0) is 12.5 Å². The Balaban J connectivity index is 2.24. The average molecular weight is 248 g/mol. The molecule has 3 nitrogen and oxygen atoms in total. The van der Waals surface area contributed by atoms with Crippen LogP contribution in [0.3, 0.4) is 0 Å². The molecule has 0 saturated heterocycles. The Morgan fingerprint density at radius 3 is 2.59 bits per heavy atom. The second kappa shape index (κ2) is 5.40. The van der Waals surface area contributed by atoms with E-state index in [4.69, 9.17) is 5.73 Å². The molecule has 1 aromatic heterocycles. The molecule has 0 saturated carbocycles. The number of rotatable bonds is 4. The van der Waals surface area contributed by atoms with Crippen LogP contribution in [0.15, 0.2) is 36.0 Å². The molecule has 1 heterocycles. The second-order valence-electron chi connectivity index (χ2n) is 4.10. The molecule has 0 fully saturated rings.